The van der Waals surface area contributed by atoms with Crippen molar-refractivity contribution >= 4 is 0 Å². The van der Waals surface area contributed by atoms with Crippen LogP contribution in [-0.4, -0.2) is 43.5 Å². The summed E-state index contributed by atoms with van der Waals surface area (Å²) in [6.45, 7) is 6.21. The smallest absolute Gasteiger partial charge is 0.422 e. The van der Waals surface area contributed by atoms with Crippen LogP contribution < -0.4 is 4.74 Å². The summed E-state index contributed by atoms with van der Waals surface area (Å²) in [4.78, 5) is 0. The third kappa shape index (κ3) is 3.55. The van der Waals surface area contributed by atoms with Crippen molar-refractivity contribution in [2.24, 2.45) is 0 Å². The van der Waals surface area contributed by atoms with Gasteiger partial charge in [0, 0.05) is 30.5 Å². The van der Waals surface area contributed by atoms with E-state index in [4.69, 9.17) is 9.26 Å². The number of nitrogens with zero attached hydrogens (tertiary/aromatic N) is 3. The molecule has 0 radical (unpaired) electrons. The fourth-order valence-electron chi connectivity index (χ4n) is 2.97. The molecule has 3 heterocycles. The molecular weight excluding hydrogens is 367 g/mol. The lowest BCUT2D eigenvalue weighted by molar-refractivity contribution is -0.261. The molecule has 1 aliphatic rings. The predicted octanol–water partition coefficient (Wildman–Crippen LogP) is 2.96. The zero-order valence-electron chi connectivity index (χ0n) is 15.5. The van der Waals surface area contributed by atoms with Gasteiger partial charge in [-0.3, -0.25) is 4.68 Å². The van der Waals surface area contributed by atoms with E-state index in [2.05, 4.69) is 10.3 Å². The molecule has 2 aromatic rings. The van der Waals surface area contributed by atoms with Gasteiger partial charge >= 0.3 is 6.18 Å². The number of hydrogen-bond acceptors (Lipinski definition) is 6. The first-order valence-electron chi connectivity index (χ1n) is 8.54. The maximum Gasteiger partial charge on any atom is 0.422 e. The Balaban J connectivity index is 1.93. The molecule has 0 saturated heterocycles. The van der Waals surface area contributed by atoms with Crippen LogP contribution >= 0.6 is 0 Å². The second-order valence-electron chi connectivity index (χ2n) is 7.71. The summed E-state index contributed by atoms with van der Waals surface area (Å²) in [5, 5.41) is 27.5. The van der Waals surface area contributed by atoms with E-state index in [1.54, 1.807) is 31.5 Å². The average Bonchev–Trinajstić information content (AvgIpc) is 3.08. The Labute approximate surface area is 153 Å². The Hall–Kier alpha value is -2.07. The van der Waals surface area contributed by atoms with Gasteiger partial charge in [0.2, 0.25) is 11.5 Å². The molecule has 1 aliphatic heterocycles. The third-order valence-electron chi connectivity index (χ3n) is 4.63. The highest BCUT2D eigenvalue weighted by molar-refractivity contribution is 5.63. The third-order valence-corrected chi connectivity index (χ3v) is 4.63. The quantitative estimate of drug-likeness (QED) is 0.817. The van der Waals surface area contributed by atoms with E-state index < -0.39 is 29.0 Å². The van der Waals surface area contributed by atoms with Gasteiger partial charge in [0.05, 0.1) is 12.2 Å². The van der Waals surface area contributed by atoms with E-state index in [1.165, 1.54) is 0 Å². The van der Waals surface area contributed by atoms with Gasteiger partial charge in [0.1, 0.15) is 11.4 Å². The lowest BCUT2D eigenvalue weighted by atomic mass is 9.88. The van der Waals surface area contributed by atoms with Gasteiger partial charge in [-0.25, -0.2) is 0 Å². The molecule has 2 aromatic heterocycles. The molecule has 0 saturated carbocycles. The molecule has 7 nitrogen and oxygen atoms in total. The molecule has 0 aromatic carbocycles. The largest absolute Gasteiger partial charge is 0.476 e. The van der Waals surface area contributed by atoms with E-state index >= 15 is 0 Å². The highest BCUT2D eigenvalue weighted by Gasteiger charge is 2.55. The minimum atomic E-state index is -4.89. The van der Waals surface area contributed by atoms with Crippen molar-refractivity contribution in [3.63, 3.8) is 0 Å². The van der Waals surface area contributed by atoms with Crippen LogP contribution in [0.25, 0.3) is 11.5 Å². The van der Waals surface area contributed by atoms with Crippen LogP contribution in [0.2, 0.25) is 0 Å². The van der Waals surface area contributed by atoms with Crippen molar-refractivity contribution in [2.45, 2.75) is 64.0 Å². The van der Waals surface area contributed by atoms with Gasteiger partial charge in [0.15, 0.2) is 5.76 Å². The molecule has 2 atom stereocenters. The van der Waals surface area contributed by atoms with E-state index in [0.29, 0.717) is 25.6 Å². The summed E-state index contributed by atoms with van der Waals surface area (Å²) in [5.41, 5.74) is -3.89. The summed E-state index contributed by atoms with van der Waals surface area (Å²) in [5.74, 6) is 0.0136. The van der Waals surface area contributed by atoms with E-state index in [0.717, 1.165) is 0 Å². The van der Waals surface area contributed by atoms with Crippen LogP contribution in [0.15, 0.2) is 10.6 Å². The minimum absolute atomic E-state index is 0.137. The van der Waals surface area contributed by atoms with Gasteiger partial charge in [-0.2, -0.15) is 13.2 Å². The van der Waals surface area contributed by atoms with Gasteiger partial charge in [-0.05, 0) is 20.8 Å². The maximum atomic E-state index is 13.2. The van der Waals surface area contributed by atoms with Crippen molar-refractivity contribution in [1.82, 2.24) is 14.9 Å². The lowest BCUT2D eigenvalue weighted by Crippen LogP contribution is -2.40. The Kier molecular flexibility index (Phi) is 4.54. The Morgan fingerprint density at radius 2 is 1.96 bits per heavy atom. The lowest BCUT2D eigenvalue weighted by Gasteiger charge is -2.27. The highest BCUT2D eigenvalue weighted by atomic mass is 19.4. The molecule has 0 amide bonds. The Morgan fingerprint density at radius 3 is 2.56 bits per heavy atom. The first-order valence-corrected chi connectivity index (χ1v) is 8.54. The molecule has 150 valence electrons. The molecule has 10 heteroatoms. The minimum Gasteiger partial charge on any atom is -0.476 e. The zero-order chi connectivity index (χ0) is 20.2. The second kappa shape index (κ2) is 6.23. The SMILES string of the molecule is C[C@H]1Cn2nc(OCCC(C)(C)O)cc2-c2onc([C@@](C)(O)C(F)(F)F)c21. The molecule has 0 aliphatic carbocycles. The summed E-state index contributed by atoms with van der Waals surface area (Å²) in [6, 6.07) is 1.55. The first kappa shape index (κ1) is 19.7. The summed E-state index contributed by atoms with van der Waals surface area (Å²) in [7, 11) is 0. The number of aliphatic hydroxyl groups is 2. The van der Waals surface area contributed by atoms with Gasteiger partial charge in [0.25, 0.3) is 0 Å². The molecule has 3 rings (SSSR count). The fourth-order valence-corrected chi connectivity index (χ4v) is 2.97. The Bertz CT molecular complexity index is 834. The van der Waals surface area contributed by atoms with Crippen LogP contribution in [0, 0.1) is 0 Å². The Morgan fingerprint density at radius 1 is 1.30 bits per heavy atom. The number of aromatic nitrogens is 3. The topological polar surface area (TPSA) is 93.5 Å². The summed E-state index contributed by atoms with van der Waals surface area (Å²) in [6.07, 6.45) is -4.50. The molecule has 0 spiro atoms. The molecule has 2 N–H and O–H groups in total. The molecule has 0 bridgehead atoms. The summed E-state index contributed by atoms with van der Waals surface area (Å²) < 4.78 is 52.0. The fraction of sp³-hybridized carbons (Fsp3) is 0.647. The first-order chi connectivity index (χ1) is 12.3. The van der Waals surface area contributed by atoms with Crippen LogP contribution in [0.5, 0.6) is 5.88 Å². The average molecular weight is 389 g/mol. The number of fused-ring (bicyclic) bond motifs is 3. The molecule has 0 unspecified atom stereocenters. The van der Waals surface area contributed by atoms with Crippen LogP contribution in [-0.2, 0) is 12.1 Å². The van der Waals surface area contributed by atoms with E-state index in [1.807, 2.05) is 0 Å². The van der Waals surface area contributed by atoms with Crippen molar-refractivity contribution in [3.05, 3.63) is 17.3 Å². The van der Waals surface area contributed by atoms with E-state index in [9.17, 15) is 23.4 Å². The van der Waals surface area contributed by atoms with Crippen LogP contribution in [0.1, 0.15) is 51.3 Å². The van der Waals surface area contributed by atoms with Gasteiger partial charge in [-0.15, -0.1) is 5.10 Å². The molecular formula is C17H22F3N3O4. The van der Waals surface area contributed by atoms with Crippen LogP contribution in [0.4, 0.5) is 13.2 Å². The maximum absolute atomic E-state index is 13.2. The van der Waals surface area contributed by atoms with Crippen molar-refractivity contribution in [2.75, 3.05) is 6.61 Å². The number of ether oxygens (including phenoxy) is 1. The van der Waals surface area contributed by atoms with Crippen molar-refractivity contribution in [1.29, 1.82) is 0 Å². The second-order valence-corrected chi connectivity index (χ2v) is 7.71. The number of rotatable bonds is 5. The standard InChI is InChI=1S/C17H22F3N3O4/c1-9-8-23-10(7-11(21-23)26-6-5-15(2,3)24)13-12(9)14(22-27-13)16(4,25)17(18,19)20/h7,9,24-25H,5-6,8H2,1-4H3/t9-,16+/m0/s1. The van der Waals surface area contributed by atoms with Gasteiger partial charge in [-0.1, -0.05) is 12.1 Å². The zero-order valence-corrected chi connectivity index (χ0v) is 15.5. The predicted molar refractivity (Wildman–Crippen MR) is 88.2 cm³/mol. The van der Waals surface area contributed by atoms with E-state index in [-0.39, 0.29) is 23.8 Å². The number of alkyl halides is 3. The summed E-state index contributed by atoms with van der Waals surface area (Å²) >= 11 is 0. The highest BCUT2D eigenvalue weighted by Crippen LogP contribution is 2.46. The normalized spacial score (nSPS) is 19.4. The van der Waals surface area contributed by atoms with Crippen molar-refractivity contribution < 1.29 is 32.6 Å². The number of halogens is 3. The van der Waals surface area contributed by atoms with Crippen molar-refractivity contribution in [3.8, 4) is 17.3 Å². The molecule has 0 fully saturated rings. The monoisotopic (exact) mass is 389 g/mol. The van der Waals surface area contributed by atoms with Gasteiger partial charge < -0.3 is 19.5 Å². The number of hydrogen-bond donors (Lipinski definition) is 2. The van der Waals surface area contributed by atoms with Crippen LogP contribution in [0.3, 0.4) is 0 Å². The molecule has 27 heavy (non-hydrogen) atoms.